The van der Waals surface area contributed by atoms with Crippen LogP contribution in [0.3, 0.4) is 0 Å². The second kappa shape index (κ2) is 3.37. The molecular weight excluding hydrogens is 136 g/mol. The molecule has 2 aliphatic rings. The van der Waals surface area contributed by atoms with Gasteiger partial charge in [0.1, 0.15) is 0 Å². The van der Waals surface area contributed by atoms with Gasteiger partial charge < -0.3 is 5.32 Å². The van der Waals surface area contributed by atoms with Gasteiger partial charge in [0.05, 0.1) is 0 Å². The van der Waals surface area contributed by atoms with Crippen molar-refractivity contribution in [1.82, 2.24) is 10.2 Å². The zero-order valence-corrected chi connectivity index (χ0v) is 6.92. The number of nitrogens with zero attached hydrogens (tertiary/aromatic N) is 1. The molecule has 0 saturated carbocycles. The quantitative estimate of drug-likeness (QED) is 0.554. The summed E-state index contributed by atoms with van der Waals surface area (Å²) in [6.45, 7) is 4.76. The lowest BCUT2D eigenvalue weighted by molar-refractivity contribution is 0.211. The molecule has 2 heterocycles. The minimum absolute atomic E-state index is 0.804. The van der Waals surface area contributed by atoms with Crippen molar-refractivity contribution in [1.29, 1.82) is 0 Å². The van der Waals surface area contributed by atoms with Gasteiger partial charge in [-0.15, -0.1) is 0 Å². The van der Waals surface area contributed by atoms with Gasteiger partial charge in [0.2, 0.25) is 0 Å². The standard InChI is InChI=1S/C9H16N2/c1-2-7-11(6-1)9-4-3-5-10-8-9/h1-2,9-10H,3-8H2. The molecule has 11 heavy (non-hydrogen) atoms. The van der Waals surface area contributed by atoms with Gasteiger partial charge in [-0.25, -0.2) is 0 Å². The molecule has 2 nitrogen and oxygen atoms in total. The third-order valence-corrected chi connectivity index (χ3v) is 2.63. The summed E-state index contributed by atoms with van der Waals surface area (Å²) >= 11 is 0. The van der Waals surface area contributed by atoms with Crippen LogP contribution in [-0.4, -0.2) is 37.1 Å². The van der Waals surface area contributed by atoms with E-state index in [2.05, 4.69) is 22.4 Å². The highest BCUT2D eigenvalue weighted by molar-refractivity contribution is 4.98. The van der Waals surface area contributed by atoms with Crippen molar-refractivity contribution in [3.63, 3.8) is 0 Å². The van der Waals surface area contributed by atoms with Crippen molar-refractivity contribution in [2.45, 2.75) is 18.9 Å². The Balaban J connectivity index is 1.83. The summed E-state index contributed by atoms with van der Waals surface area (Å²) in [6.07, 6.45) is 7.28. The van der Waals surface area contributed by atoms with Gasteiger partial charge in [0, 0.05) is 25.7 Å². The van der Waals surface area contributed by atoms with Gasteiger partial charge >= 0.3 is 0 Å². The Labute approximate surface area is 68.3 Å². The molecule has 1 unspecified atom stereocenters. The zero-order chi connectivity index (χ0) is 7.52. The van der Waals surface area contributed by atoms with Crippen LogP contribution in [0.25, 0.3) is 0 Å². The number of hydrogen-bond donors (Lipinski definition) is 1. The van der Waals surface area contributed by atoms with Crippen molar-refractivity contribution in [2.24, 2.45) is 0 Å². The number of hydrogen-bond acceptors (Lipinski definition) is 2. The van der Waals surface area contributed by atoms with E-state index in [-0.39, 0.29) is 0 Å². The molecule has 2 aliphatic heterocycles. The topological polar surface area (TPSA) is 15.3 Å². The Morgan fingerprint density at radius 3 is 2.73 bits per heavy atom. The summed E-state index contributed by atoms with van der Waals surface area (Å²) in [7, 11) is 0. The normalized spacial score (nSPS) is 32.9. The van der Waals surface area contributed by atoms with Gasteiger partial charge in [-0.3, -0.25) is 4.90 Å². The maximum absolute atomic E-state index is 3.44. The molecule has 0 amide bonds. The molecule has 0 radical (unpaired) electrons. The summed E-state index contributed by atoms with van der Waals surface area (Å²) < 4.78 is 0. The van der Waals surface area contributed by atoms with Gasteiger partial charge in [-0.2, -0.15) is 0 Å². The van der Waals surface area contributed by atoms with Crippen LogP contribution >= 0.6 is 0 Å². The van der Waals surface area contributed by atoms with Crippen LogP contribution in [-0.2, 0) is 0 Å². The van der Waals surface area contributed by atoms with Crippen molar-refractivity contribution < 1.29 is 0 Å². The van der Waals surface area contributed by atoms with E-state index in [0.717, 1.165) is 6.04 Å². The average Bonchev–Trinajstić information content (AvgIpc) is 2.58. The van der Waals surface area contributed by atoms with Gasteiger partial charge in [0.25, 0.3) is 0 Å². The van der Waals surface area contributed by atoms with Crippen molar-refractivity contribution in [3.8, 4) is 0 Å². The molecule has 62 valence electrons. The highest BCUT2D eigenvalue weighted by Gasteiger charge is 2.20. The number of piperidine rings is 1. The van der Waals surface area contributed by atoms with E-state index in [1.807, 2.05) is 0 Å². The minimum atomic E-state index is 0.804. The third kappa shape index (κ3) is 1.63. The largest absolute Gasteiger partial charge is 0.315 e. The number of nitrogens with one attached hydrogen (secondary N) is 1. The van der Waals surface area contributed by atoms with Crippen LogP contribution in [0.15, 0.2) is 12.2 Å². The molecule has 2 heteroatoms. The fourth-order valence-corrected chi connectivity index (χ4v) is 1.94. The van der Waals surface area contributed by atoms with E-state index in [4.69, 9.17) is 0 Å². The average molecular weight is 152 g/mol. The van der Waals surface area contributed by atoms with Gasteiger partial charge in [-0.05, 0) is 19.4 Å². The van der Waals surface area contributed by atoms with Gasteiger partial charge in [0.15, 0.2) is 0 Å². The molecule has 0 aromatic rings. The number of rotatable bonds is 1. The Morgan fingerprint density at radius 1 is 1.27 bits per heavy atom. The summed E-state index contributed by atoms with van der Waals surface area (Å²) in [6, 6.07) is 0.804. The van der Waals surface area contributed by atoms with E-state index < -0.39 is 0 Å². The second-order valence-corrected chi connectivity index (χ2v) is 3.43. The SMILES string of the molecule is C1=CCN(C2CCCNC2)C1. The van der Waals surface area contributed by atoms with E-state index in [1.54, 1.807) is 0 Å². The van der Waals surface area contributed by atoms with E-state index >= 15 is 0 Å². The van der Waals surface area contributed by atoms with Crippen LogP contribution in [0.5, 0.6) is 0 Å². The monoisotopic (exact) mass is 152 g/mol. The molecule has 1 N–H and O–H groups in total. The Hall–Kier alpha value is -0.340. The van der Waals surface area contributed by atoms with Crippen molar-refractivity contribution in [3.05, 3.63) is 12.2 Å². The second-order valence-electron chi connectivity index (χ2n) is 3.43. The highest BCUT2D eigenvalue weighted by Crippen LogP contribution is 2.12. The first-order valence-corrected chi connectivity index (χ1v) is 4.56. The third-order valence-electron chi connectivity index (χ3n) is 2.63. The van der Waals surface area contributed by atoms with E-state index in [9.17, 15) is 0 Å². The van der Waals surface area contributed by atoms with Crippen LogP contribution in [0.4, 0.5) is 0 Å². The van der Waals surface area contributed by atoms with Crippen LogP contribution in [0, 0.1) is 0 Å². The molecule has 0 aromatic heterocycles. The van der Waals surface area contributed by atoms with Crippen LogP contribution in [0.2, 0.25) is 0 Å². The molecule has 0 aromatic carbocycles. The minimum Gasteiger partial charge on any atom is -0.315 e. The van der Waals surface area contributed by atoms with Crippen LogP contribution in [0.1, 0.15) is 12.8 Å². The van der Waals surface area contributed by atoms with Gasteiger partial charge in [-0.1, -0.05) is 12.2 Å². The Kier molecular flexibility index (Phi) is 2.24. The maximum atomic E-state index is 3.44. The Morgan fingerprint density at radius 2 is 2.09 bits per heavy atom. The lowest BCUT2D eigenvalue weighted by Gasteiger charge is -2.31. The maximum Gasteiger partial charge on any atom is 0.0227 e. The summed E-state index contributed by atoms with van der Waals surface area (Å²) in [4.78, 5) is 2.55. The summed E-state index contributed by atoms with van der Waals surface area (Å²) in [5.41, 5.74) is 0. The van der Waals surface area contributed by atoms with Crippen molar-refractivity contribution in [2.75, 3.05) is 26.2 Å². The fourth-order valence-electron chi connectivity index (χ4n) is 1.94. The lowest BCUT2D eigenvalue weighted by Crippen LogP contribution is -2.44. The summed E-state index contributed by atoms with van der Waals surface area (Å²) in [5.74, 6) is 0. The predicted octanol–water partition coefficient (Wildman–Crippen LogP) is 0.610. The first-order valence-electron chi connectivity index (χ1n) is 4.56. The molecule has 1 saturated heterocycles. The highest BCUT2D eigenvalue weighted by atomic mass is 15.2. The lowest BCUT2D eigenvalue weighted by atomic mass is 10.1. The predicted molar refractivity (Wildman–Crippen MR) is 46.6 cm³/mol. The van der Waals surface area contributed by atoms with Crippen LogP contribution < -0.4 is 5.32 Å². The molecule has 0 bridgehead atoms. The van der Waals surface area contributed by atoms with Crippen molar-refractivity contribution >= 4 is 0 Å². The Bertz CT molecular complexity index is 140. The smallest absolute Gasteiger partial charge is 0.0227 e. The zero-order valence-electron chi connectivity index (χ0n) is 6.92. The fraction of sp³-hybridized carbons (Fsp3) is 0.778. The van der Waals surface area contributed by atoms with E-state index in [0.29, 0.717) is 0 Å². The first-order chi connectivity index (χ1) is 5.47. The molecule has 1 fully saturated rings. The summed E-state index contributed by atoms with van der Waals surface area (Å²) in [5, 5.41) is 3.44. The first kappa shape index (κ1) is 7.32. The molecule has 0 spiro atoms. The molecule has 2 rings (SSSR count). The molecule has 0 aliphatic carbocycles. The molecule has 1 atom stereocenters. The molecular formula is C9H16N2. The van der Waals surface area contributed by atoms with E-state index in [1.165, 1.54) is 39.0 Å².